The van der Waals surface area contributed by atoms with Crippen molar-refractivity contribution in [2.75, 3.05) is 0 Å². The number of hydrogen-bond acceptors (Lipinski definition) is 6. The normalized spacial score (nSPS) is 11.4. The lowest BCUT2D eigenvalue weighted by molar-refractivity contribution is 1.10. The molecule has 0 radical (unpaired) electrons. The van der Waals surface area contributed by atoms with E-state index in [9.17, 15) is 0 Å². The van der Waals surface area contributed by atoms with E-state index < -0.39 is 0 Å². The minimum Gasteiger partial charge on any atom is -0.335 e. The minimum absolute atomic E-state index is 0.655. The predicted octanol–water partition coefficient (Wildman–Crippen LogP) is 4.69. The molecule has 2 N–H and O–H groups in total. The van der Waals surface area contributed by atoms with E-state index >= 15 is 0 Å². The van der Waals surface area contributed by atoms with Gasteiger partial charge in [0.15, 0.2) is 11.5 Å². The van der Waals surface area contributed by atoms with Gasteiger partial charge in [-0.15, -0.1) is 11.3 Å². The largest absolute Gasteiger partial charge is 0.335 e. The smallest absolute Gasteiger partial charge is 0.161 e. The van der Waals surface area contributed by atoms with Crippen LogP contribution in [-0.2, 0) is 0 Å². The van der Waals surface area contributed by atoms with Crippen LogP contribution in [0.25, 0.3) is 55.4 Å². The molecular weight excluding hydrogens is 382 g/mol. The lowest BCUT2D eigenvalue weighted by Gasteiger charge is -2.00. The molecule has 6 aromatic rings. The Bertz CT molecular complexity index is 1450. The van der Waals surface area contributed by atoms with Gasteiger partial charge in [-0.25, -0.2) is 9.97 Å². The highest BCUT2D eigenvalue weighted by Crippen LogP contribution is 2.32. The highest BCUT2D eigenvalue weighted by atomic mass is 32.1. The Balaban J connectivity index is 1.53. The van der Waals surface area contributed by atoms with Gasteiger partial charge in [-0.05, 0) is 35.7 Å². The van der Waals surface area contributed by atoms with E-state index in [1.54, 1.807) is 23.7 Å². The van der Waals surface area contributed by atoms with E-state index in [1.807, 2.05) is 48.0 Å². The summed E-state index contributed by atoms with van der Waals surface area (Å²) in [5.41, 5.74) is 6.60. The van der Waals surface area contributed by atoms with Crippen molar-refractivity contribution >= 4 is 33.4 Å². The fraction of sp³-hybridized carbons (Fsp3) is 0. The second kappa shape index (κ2) is 6.32. The lowest BCUT2D eigenvalue weighted by atomic mass is 10.2. The molecule has 8 heteroatoms. The summed E-state index contributed by atoms with van der Waals surface area (Å²) in [4.78, 5) is 22.9. The summed E-state index contributed by atoms with van der Waals surface area (Å²) < 4.78 is 0. The van der Waals surface area contributed by atoms with Gasteiger partial charge in [-0.3, -0.25) is 15.1 Å². The topological polar surface area (TPSA) is 96.0 Å². The van der Waals surface area contributed by atoms with Crippen LogP contribution in [-0.4, -0.2) is 35.1 Å². The fourth-order valence-corrected chi connectivity index (χ4v) is 4.12. The highest BCUT2D eigenvalue weighted by molar-refractivity contribution is 7.13. The first-order chi connectivity index (χ1) is 14.4. The molecule has 0 aliphatic heterocycles. The maximum absolute atomic E-state index is 4.84. The molecule has 0 fully saturated rings. The molecule has 7 nitrogen and oxygen atoms in total. The molecular formula is C21H13N7S. The average molecular weight is 395 g/mol. The van der Waals surface area contributed by atoms with Crippen molar-refractivity contribution in [1.29, 1.82) is 0 Å². The molecule has 0 spiro atoms. The summed E-state index contributed by atoms with van der Waals surface area (Å²) in [6.07, 6.45) is 5.39. The Morgan fingerprint density at radius 1 is 0.828 bits per heavy atom. The number of hydrogen-bond donors (Lipinski definition) is 2. The predicted molar refractivity (Wildman–Crippen MR) is 113 cm³/mol. The van der Waals surface area contributed by atoms with Crippen LogP contribution in [0.3, 0.4) is 0 Å². The first kappa shape index (κ1) is 16.1. The molecule has 0 aliphatic carbocycles. The molecule has 0 unspecified atom stereocenters. The first-order valence-corrected chi connectivity index (χ1v) is 9.89. The van der Waals surface area contributed by atoms with E-state index in [4.69, 9.17) is 9.97 Å². The van der Waals surface area contributed by atoms with Gasteiger partial charge in [0.2, 0.25) is 0 Å². The van der Waals surface area contributed by atoms with Crippen LogP contribution in [0.5, 0.6) is 0 Å². The van der Waals surface area contributed by atoms with Crippen molar-refractivity contribution in [2.24, 2.45) is 0 Å². The third-order valence-electron chi connectivity index (χ3n) is 4.74. The molecule has 0 saturated heterocycles. The summed E-state index contributed by atoms with van der Waals surface area (Å²) in [6.45, 7) is 0. The summed E-state index contributed by atoms with van der Waals surface area (Å²) >= 11 is 1.66. The van der Waals surface area contributed by atoms with Crippen molar-refractivity contribution < 1.29 is 0 Å². The van der Waals surface area contributed by atoms with Crippen molar-refractivity contribution in [1.82, 2.24) is 35.1 Å². The Morgan fingerprint density at radius 3 is 2.69 bits per heavy atom. The molecule has 0 saturated carbocycles. The van der Waals surface area contributed by atoms with Crippen LogP contribution in [0.15, 0.2) is 66.4 Å². The van der Waals surface area contributed by atoms with Crippen LogP contribution < -0.4 is 0 Å². The van der Waals surface area contributed by atoms with Crippen molar-refractivity contribution in [2.45, 2.75) is 0 Å². The zero-order valence-corrected chi connectivity index (χ0v) is 15.8. The van der Waals surface area contributed by atoms with Gasteiger partial charge < -0.3 is 4.98 Å². The molecule has 6 heterocycles. The molecule has 0 amide bonds. The zero-order chi connectivity index (χ0) is 19.2. The second-order valence-electron chi connectivity index (χ2n) is 6.53. The number of fused-ring (bicyclic) bond motifs is 2. The number of nitrogens with one attached hydrogen (secondary N) is 2. The fourth-order valence-electron chi connectivity index (χ4n) is 3.38. The van der Waals surface area contributed by atoms with E-state index in [2.05, 4.69) is 31.2 Å². The standard InChI is InChI=1S/C21H13N7S/c1-2-8-23-13(4-1)14-6-7-15-19(24-14)20(28-27-15)21-25-16-11-22-10-12(18(16)26-21)17-5-3-9-29-17/h1-11H,(H,25,26)(H,27,28). The number of aromatic amines is 2. The van der Waals surface area contributed by atoms with Crippen molar-refractivity contribution in [3.8, 4) is 33.3 Å². The third-order valence-corrected chi connectivity index (χ3v) is 5.64. The number of pyridine rings is 3. The number of aromatic nitrogens is 7. The summed E-state index contributed by atoms with van der Waals surface area (Å²) in [5.74, 6) is 0.655. The number of H-pyrrole nitrogens is 2. The van der Waals surface area contributed by atoms with Crippen molar-refractivity contribution in [3.63, 3.8) is 0 Å². The van der Waals surface area contributed by atoms with Crippen LogP contribution in [0.4, 0.5) is 0 Å². The Hall–Kier alpha value is -3.91. The van der Waals surface area contributed by atoms with Crippen LogP contribution >= 0.6 is 11.3 Å². The Labute approximate surface area is 168 Å². The number of imidazole rings is 1. The van der Waals surface area contributed by atoms with Gasteiger partial charge in [0.1, 0.15) is 11.0 Å². The Kier molecular flexibility index (Phi) is 3.50. The molecule has 0 bridgehead atoms. The van der Waals surface area contributed by atoms with Gasteiger partial charge in [-0.1, -0.05) is 12.1 Å². The summed E-state index contributed by atoms with van der Waals surface area (Å²) in [5, 5.41) is 9.56. The monoisotopic (exact) mass is 395 g/mol. The second-order valence-corrected chi connectivity index (χ2v) is 7.47. The first-order valence-electron chi connectivity index (χ1n) is 9.01. The SMILES string of the molecule is c1ccc(-c2ccc3[nH]nc(-c4nc5c(-c6cccs6)cncc5[nH]4)c3n2)nc1. The van der Waals surface area contributed by atoms with Gasteiger partial charge in [0.25, 0.3) is 0 Å². The molecule has 138 valence electrons. The lowest BCUT2D eigenvalue weighted by Crippen LogP contribution is -1.88. The maximum Gasteiger partial charge on any atom is 0.161 e. The summed E-state index contributed by atoms with van der Waals surface area (Å²) in [6, 6.07) is 13.8. The molecule has 0 aromatic carbocycles. The maximum atomic E-state index is 4.84. The molecule has 6 rings (SSSR count). The Morgan fingerprint density at radius 2 is 1.83 bits per heavy atom. The highest BCUT2D eigenvalue weighted by Gasteiger charge is 2.17. The number of rotatable bonds is 3. The van der Waals surface area contributed by atoms with Gasteiger partial charge in [0.05, 0.1) is 28.6 Å². The van der Waals surface area contributed by atoms with Gasteiger partial charge in [-0.2, -0.15) is 5.10 Å². The van der Waals surface area contributed by atoms with E-state index in [0.29, 0.717) is 11.5 Å². The van der Waals surface area contributed by atoms with E-state index in [1.165, 1.54) is 0 Å². The van der Waals surface area contributed by atoms with Crippen LogP contribution in [0, 0.1) is 0 Å². The van der Waals surface area contributed by atoms with E-state index in [-0.39, 0.29) is 0 Å². The molecule has 6 aromatic heterocycles. The molecule has 0 atom stereocenters. The quantitative estimate of drug-likeness (QED) is 0.453. The van der Waals surface area contributed by atoms with Gasteiger partial charge in [0, 0.05) is 22.8 Å². The number of thiophene rings is 1. The minimum atomic E-state index is 0.655. The number of nitrogens with zero attached hydrogens (tertiary/aromatic N) is 5. The third kappa shape index (κ3) is 2.61. The molecule has 0 aliphatic rings. The molecule has 29 heavy (non-hydrogen) atoms. The zero-order valence-electron chi connectivity index (χ0n) is 15.0. The average Bonchev–Trinajstić information content (AvgIpc) is 3.52. The summed E-state index contributed by atoms with van der Waals surface area (Å²) in [7, 11) is 0. The van der Waals surface area contributed by atoms with Crippen LogP contribution in [0.2, 0.25) is 0 Å². The van der Waals surface area contributed by atoms with Gasteiger partial charge >= 0.3 is 0 Å². The van der Waals surface area contributed by atoms with E-state index in [0.717, 1.165) is 43.9 Å². The van der Waals surface area contributed by atoms with Crippen LogP contribution in [0.1, 0.15) is 0 Å². The van der Waals surface area contributed by atoms with Crippen molar-refractivity contribution in [3.05, 3.63) is 66.4 Å².